The second-order valence-corrected chi connectivity index (χ2v) is 4.52. The molecule has 0 aromatic carbocycles. The molecule has 0 aliphatic heterocycles. The number of alkyl halides is 1. The summed E-state index contributed by atoms with van der Waals surface area (Å²) >= 11 is 5.69. The second-order valence-electron chi connectivity index (χ2n) is 4.14. The van der Waals surface area contributed by atoms with Gasteiger partial charge in [-0.25, -0.2) is 0 Å². The van der Waals surface area contributed by atoms with Crippen LogP contribution in [0.4, 0.5) is 0 Å². The van der Waals surface area contributed by atoms with Gasteiger partial charge in [-0.2, -0.15) is 0 Å². The second kappa shape index (κ2) is 10.7. The maximum atomic E-state index is 5.69. The van der Waals surface area contributed by atoms with Crippen molar-refractivity contribution in [2.45, 2.75) is 46.1 Å². The summed E-state index contributed by atoms with van der Waals surface area (Å²) in [5, 5.41) is 0. The monoisotopic (exact) mass is 235 g/mol. The standard InChI is InChI=1S/C12H26ClNO/c1-4-5-10-15-11-9-14(12(2)3)8-6-7-13/h12H,4-11H2,1-3H3. The van der Waals surface area contributed by atoms with Gasteiger partial charge in [-0.15, -0.1) is 11.6 Å². The van der Waals surface area contributed by atoms with Crippen molar-refractivity contribution in [3.63, 3.8) is 0 Å². The summed E-state index contributed by atoms with van der Waals surface area (Å²) in [5.41, 5.74) is 0. The van der Waals surface area contributed by atoms with Gasteiger partial charge >= 0.3 is 0 Å². The molecular formula is C12H26ClNO. The van der Waals surface area contributed by atoms with E-state index in [0.717, 1.165) is 38.6 Å². The number of hydrogen-bond acceptors (Lipinski definition) is 2. The van der Waals surface area contributed by atoms with Gasteiger partial charge in [-0.05, 0) is 33.2 Å². The molecule has 92 valence electrons. The fourth-order valence-corrected chi connectivity index (χ4v) is 1.54. The molecule has 0 unspecified atom stereocenters. The summed E-state index contributed by atoms with van der Waals surface area (Å²) in [4.78, 5) is 2.42. The van der Waals surface area contributed by atoms with Crippen molar-refractivity contribution in [1.29, 1.82) is 0 Å². The molecule has 0 aromatic heterocycles. The van der Waals surface area contributed by atoms with E-state index in [0.29, 0.717) is 6.04 Å². The highest BCUT2D eigenvalue weighted by molar-refractivity contribution is 6.17. The summed E-state index contributed by atoms with van der Waals surface area (Å²) in [7, 11) is 0. The average Bonchev–Trinajstić information content (AvgIpc) is 2.21. The maximum absolute atomic E-state index is 5.69. The molecule has 15 heavy (non-hydrogen) atoms. The molecule has 0 amide bonds. The predicted octanol–water partition coefficient (Wildman–Crippen LogP) is 3.14. The number of halogens is 1. The minimum atomic E-state index is 0.586. The Morgan fingerprint density at radius 3 is 2.40 bits per heavy atom. The third-order valence-electron chi connectivity index (χ3n) is 2.47. The molecular weight excluding hydrogens is 210 g/mol. The van der Waals surface area contributed by atoms with Crippen LogP contribution < -0.4 is 0 Å². The first-order chi connectivity index (χ1) is 7.22. The van der Waals surface area contributed by atoms with E-state index in [4.69, 9.17) is 16.3 Å². The highest BCUT2D eigenvalue weighted by Crippen LogP contribution is 2.00. The van der Waals surface area contributed by atoms with Crippen LogP contribution in [0.5, 0.6) is 0 Å². The average molecular weight is 236 g/mol. The van der Waals surface area contributed by atoms with Crippen molar-refractivity contribution < 1.29 is 4.74 Å². The van der Waals surface area contributed by atoms with Crippen LogP contribution in [0.15, 0.2) is 0 Å². The SMILES string of the molecule is CCCCOCCN(CCCCl)C(C)C. The zero-order valence-corrected chi connectivity index (χ0v) is 11.2. The Morgan fingerprint density at radius 2 is 1.87 bits per heavy atom. The van der Waals surface area contributed by atoms with Crippen LogP contribution in [0.3, 0.4) is 0 Å². The van der Waals surface area contributed by atoms with Crippen molar-refractivity contribution in [1.82, 2.24) is 4.90 Å². The maximum Gasteiger partial charge on any atom is 0.0593 e. The van der Waals surface area contributed by atoms with Crippen molar-refractivity contribution in [2.75, 3.05) is 32.2 Å². The van der Waals surface area contributed by atoms with Crippen LogP contribution in [-0.4, -0.2) is 43.1 Å². The summed E-state index contributed by atoms with van der Waals surface area (Å²) in [6.07, 6.45) is 3.44. The Hall–Kier alpha value is 0.210. The number of rotatable bonds is 10. The van der Waals surface area contributed by atoms with Crippen LogP contribution in [0.25, 0.3) is 0 Å². The van der Waals surface area contributed by atoms with Crippen molar-refractivity contribution >= 4 is 11.6 Å². The van der Waals surface area contributed by atoms with Gasteiger partial charge in [0.05, 0.1) is 6.61 Å². The van der Waals surface area contributed by atoms with Gasteiger partial charge < -0.3 is 4.74 Å². The lowest BCUT2D eigenvalue weighted by molar-refractivity contribution is 0.0909. The van der Waals surface area contributed by atoms with E-state index < -0.39 is 0 Å². The molecule has 0 N–H and O–H groups in total. The van der Waals surface area contributed by atoms with Crippen molar-refractivity contribution in [3.05, 3.63) is 0 Å². The van der Waals surface area contributed by atoms with Gasteiger partial charge in [-0.1, -0.05) is 13.3 Å². The van der Waals surface area contributed by atoms with Gasteiger partial charge in [0, 0.05) is 25.1 Å². The van der Waals surface area contributed by atoms with E-state index in [1.54, 1.807) is 0 Å². The van der Waals surface area contributed by atoms with Crippen molar-refractivity contribution in [3.8, 4) is 0 Å². The van der Waals surface area contributed by atoms with Crippen LogP contribution in [0.1, 0.15) is 40.0 Å². The Kier molecular flexibility index (Phi) is 10.9. The summed E-state index contributed by atoms with van der Waals surface area (Å²) in [5.74, 6) is 0.750. The first-order valence-electron chi connectivity index (χ1n) is 6.10. The van der Waals surface area contributed by atoms with Gasteiger partial charge in [-0.3, -0.25) is 4.90 Å². The van der Waals surface area contributed by atoms with Gasteiger partial charge in [0.25, 0.3) is 0 Å². The minimum Gasteiger partial charge on any atom is -0.380 e. The van der Waals surface area contributed by atoms with E-state index in [9.17, 15) is 0 Å². The van der Waals surface area contributed by atoms with Crippen LogP contribution >= 0.6 is 11.6 Å². The molecule has 0 bridgehead atoms. The fourth-order valence-electron chi connectivity index (χ4n) is 1.42. The predicted molar refractivity (Wildman–Crippen MR) is 67.8 cm³/mol. The molecule has 0 saturated carbocycles. The molecule has 2 nitrogen and oxygen atoms in total. The number of ether oxygens (including phenoxy) is 1. The number of hydrogen-bond donors (Lipinski definition) is 0. The van der Waals surface area contributed by atoms with Crippen molar-refractivity contribution in [2.24, 2.45) is 0 Å². The highest BCUT2D eigenvalue weighted by atomic mass is 35.5. The van der Waals surface area contributed by atoms with E-state index in [-0.39, 0.29) is 0 Å². The van der Waals surface area contributed by atoms with E-state index in [1.807, 2.05) is 0 Å². The first-order valence-corrected chi connectivity index (χ1v) is 6.63. The molecule has 0 radical (unpaired) electrons. The lowest BCUT2D eigenvalue weighted by atomic mass is 10.3. The van der Waals surface area contributed by atoms with E-state index in [1.165, 1.54) is 12.8 Å². The smallest absolute Gasteiger partial charge is 0.0593 e. The largest absolute Gasteiger partial charge is 0.380 e. The number of nitrogens with zero attached hydrogens (tertiary/aromatic N) is 1. The number of unbranched alkanes of at least 4 members (excludes halogenated alkanes) is 1. The molecule has 0 aliphatic carbocycles. The zero-order chi connectivity index (χ0) is 11.5. The molecule has 0 aliphatic rings. The summed E-state index contributed by atoms with van der Waals surface area (Å²) in [6.45, 7) is 10.5. The van der Waals surface area contributed by atoms with E-state index in [2.05, 4.69) is 25.7 Å². The Bertz CT molecular complexity index is 131. The van der Waals surface area contributed by atoms with Gasteiger partial charge in [0.1, 0.15) is 0 Å². The zero-order valence-electron chi connectivity index (χ0n) is 10.5. The third kappa shape index (κ3) is 9.16. The molecule has 3 heteroatoms. The molecule has 0 aromatic rings. The topological polar surface area (TPSA) is 12.5 Å². The van der Waals surface area contributed by atoms with Gasteiger partial charge in [0.2, 0.25) is 0 Å². The molecule has 0 atom stereocenters. The minimum absolute atomic E-state index is 0.586. The Balaban J connectivity index is 3.48. The lowest BCUT2D eigenvalue weighted by Gasteiger charge is -2.25. The third-order valence-corrected chi connectivity index (χ3v) is 2.74. The molecule has 0 saturated heterocycles. The quantitative estimate of drug-likeness (QED) is 0.426. The Labute approximate surface area is 99.9 Å². The van der Waals surface area contributed by atoms with E-state index >= 15 is 0 Å². The lowest BCUT2D eigenvalue weighted by Crippen LogP contribution is -2.35. The van der Waals surface area contributed by atoms with Crippen LogP contribution in [0.2, 0.25) is 0 Å². The van der Waals surface area contributed by atoms with Crippen LogP contribution in [0, 0.1) is 0 Å². The summed E-state index contributed by atoms with van der Waals surface area (Å²) in [6, 6.07) is 0.586. The first kappa shape index (κ1) is 15.2. The molecule has 0 rings (SSSR count). The molecule has 0 spiro atoms. The van der Waals surface area contributed by atoms with Crippen LogP contribution in [-0.2, 0) is 4.74 Å². The molecule has 0 heterocycles. The summed E-state index contributed by atoms with van der Waals surface area (Å²) < 4.78 is 5.56. The fraction of sp³-hybridized carbons (Fsp3) is 1.00. The Morgan fingerprint density at radius 1 is 1.13 bits per heavy atom. The molecule has 0 fully saturated rings. The van der Waals surface area contributed by atoms with Gasteiger partial charge in [0.15, 0.2) is 0 Å². The highest BCUT2D eigenvalue weighted by Gasteiger charge is 2.07. The normalized spacial score (nSPS) is 11.6.